The first-order chi connectivity index (χ1) is 19.7. The first kappa shape index (κ1) is 32.6. The Balaban J connectivity index is 0.00000484. The Bertz CT molecular complexity index is 1340. The van der Waals surface area contributed by atoms with Crippen LogP contribution in [0, 0.1) is 11.6 Å². The average Bonchev–Trinajstić information content (AvgIpc) is 2.95. The number of nitrogens with zero attached hydrogens (tertiary/aromatic N) is 2. The summed E-state index contributed by atoms with van der Waals surface area (Å²) < 4.78 is 39.0. The van der Waals surface area contributed by atoms with E-state index in [1.54, 1.807) is 7.11 Å². The number of primary amides is 1. The van der Waals surface area contributed by atoms with Crippen molar-refractivity contribution in [2.75, 3.05) is 19.0 Å². The first-order valence-electron chi connectivity index (χ1n) is 13.6. The number of hydrogen-bond donors (Lipinski definition) is 3. The summed E-state index contributed by atoms with van der Waals surface area (Å²) in [6.45, 7) is 3.60. The highest BCUT2D eigenvalue weighted by molar-refractivity contribution is 5.96. The number of methoxy groups -OCH3 is 1. The second-order valence-corrected chi connectivity index (χ2v) is 10.0. The summed E-state index contributed by atoms with van der Waals surface area (Å²) in [5.41, 5.74) is 5.38. The number of urea groups is 1. The van der Waals surface area contributed by atoms with Crippen molar-refractivity contribution in [2.45, 2.75) is 57.7 Å². The number of aromatic nitrogens is 1. The number of pyridine rings is 1. The Hall–Kier alpha value is -3.96. The van der Waals surface area contributed by atoms with Crippen LogP contribution in [0.4, 0.5) is 19.3 Å². The molecule has 0 bridgehead atoms. The van der Waals surface area contributed by atoms with Gasteiger partial charge in [-0.3, -0.25) is 9.69 Å². The summed E-state index contributed by atoms with van der Waals surface area (Å²) >= 11 is 0. The summed E-state index contributed by atoms with van der Waals surface area (Å²) in [7, 11) is 1.61. The highest BCUT2D eigenvalue weighted by Crippen LogP contribution is 2.26. The first-order valence-corrected chi connectivity index (χ1v) is 13.6. The number of ether oxygens (including phenoxy) is 2. The predicted molar refractivity (Wildman–Crippen MR) is 158 cm³/mol. The van der Waals surface area contributed by atoms with Gasteiger partial charge in [0.1, 0.15) is 23.1 Å². The number of benzene rings is 2. The van der Waals surface area contributed by atoms with Crippen LogP contribution in [0.3, 0.4) is 0 Å². The van der Waals surface area contributed by atoms with Gasteiger partial charge in [0.25, 0.3) is 5.91 Å². The molecule has 0 saturated carbocycles. The third-order valence-corrected chi connectivity index (χ3v) is 7.10. The lowest BCUT2D eigenvalue weighted by molar-refractivity contribution is 0.0996. The summed E-state index contributed by atoms with van der Waals surface area (Å²) in [6, 6.07) is 12.0. The number of anilines is 1. The summed E-state index contributed by atoms with van der Waals surface area (Å²) in [5.74, 6) is -1.21. The monoisotopic (exact) mass is 603 g/mol. The van der Waals surface area contributed by atoms with Crippen molar-refractivity contribution in [2.24, 2.45) is 5.73 Å². The van der Waals surface area contributed by atoms with Crippen molar-refractivity contribution in [3.8, 4) is 17.4 Å². The van der Waals surface area contributed by atoms with E-state index in [0.29, 0.717) is 30.7 Å². The van der Waals surface area contributed by atoms with E-state index in [9.17, 15) is 18.4 Å². The van der Waals surface area contributed by atoms with Crippen LogP contribution in [-0.2, 0) is 6.54 Å². The number of likely N-dealkylation sites (tertiary alicyclic amines) is 1. The van der Waals surface area contributed by atoms with Crippen LogP contribution in [0.2, 0.25) is 0 Å². The molecule has 9 nitrogen and oxygen atoms in total. The standard InChI is InChI=1S/C30H35F2N5O4.ClH/c1-3-4-5-21-14-20(35-30(39)36-27-15-24(29(33)38)25(31)16-26(27)32)12-13-37(21)18-19-6-11-28(34-17-19)41-23-9-7-22(40-2)8-10-23;/h6-11,15-17,20-21H,3-5,12-14,18H2,1-2H3,(H2,33,38)(H2,35,36,39);1H. The molecule has 2 unspecified atom stereocenters. The van der Waals surface area contributed by atoms with Crippen LogP contribution in [0.1, 0.15) is 54.9 Å². The van der Waals surface area contributed by atoms with Gasteiger partial charge in [-0.1, -0.05) is 25.8 Å². The molecular weight excluding hydrogens is 568 g/mol. The fourth-order valence-corrected chi connectivity index (χ4v) is 4.92. The highest BCUT2D eigenvalue weighted by atomic mass is 35.5. The fourth-order valence-electron chi connectivity index (χ4n) is 4.92. The number of hydrogen-bond acceptors (Lipinski definition) is 6. The van der Waals surface area contributed by atoms with Crippen molar-refractivity contribution in [3.05, 3.63) is 77.5 Å². The maximum atomic E-state index is 14.2. The smallest absolute Gasteiger partial charge is 0.319 e. The van der Waals surface area contributed by atoms with Gasteiger partial charge >= 0.3 is 6.03 Å². The number of nitrogens with one attached hydrogen (secondary N) is 2. The SMILES string of the molecule is CCCCC1CC(NC(=O)Nc2cc(C(N)=O)c(F)cc2F)CCN1Cc1ccc(Oc2ccc(OC)cc2)nc1.Cl. The lowest BCUT2D eigenvalue weighted by Gasteiger charge is -2.40. The highest BCUT2D eigenvalue weighted by Gasteiger charge is 2.29. The number of carbonyl (C=O) groups is 2. The van der Waals surface area contributed by atoms with E-state index in [0.717, 1.165) is 49.6 Å². The zero-order valence-electron chi connectivity index (χ0n) is 23.6. The molecule has 4 rings (SSSR count). The number of amides is 3. The topological polar surface area (TPSA) is 119 Å². The molecule has 42 heavy (non-hydrogen) atoms. The number of halogens is 3. The molecule has 1 aliphatic rings. The summed E-state index contributed by atoms with van der Waals surface area (Å²) in [5, 5.41) is 5.27. The Morgan fingerprint density at radius 1 is 1.10 bits per heavy atom. The molecule has 2 atom stereocenters. The Morgan fingerprint density at radius 2 is 1.83 bits per heavy atom. The van der Waals surface area contributed by atoms with E-state index in [2.05, 4.69) is 27.4 Å². The van der Waals surface area contributed by atoms with E-state index in [1.807, 2.05) is 42.6 Å². The van der Waals surface area contributed by atoms with Crippen LogP contribution in [0.25, 0.3) is 0 Å². The maximum Gasteiger partial charge on any atom is 0.319 e. The van der Waals surface area contributed by atoms with Gasteiger partial charge in [-0.15, -0.1) is 12.4 Å². The third kappa shape index (κ3) is 8.77. The normalized spacial score (nSPS) is 16.7. The number of rotatable bonds is 11. The largest absolute Gasteiger partial charge is 0.497 e. The number of unbranched alkanes of at least 4 members (excludes halogenated alkanes) is 1. The molecule has 1 aliphatic heterocycles. The van der Waals surface area contributed by atoms with Gasteiger partial charge in [-0.25, -0.2) is 18.6 Å². The van der Waals surface area contributed by atoms with E-state index >= 15 is 0 Å². The molecule has 2 heterocycles. The molecule has 1 aromatic heterocycles. The van der Waals surface area contributed by atoms with E-state index < -0.39 is 29.1 Å². The molecule has 0 spiro atoms. The summed E-state index contributed by atoms with van der Waals surface area (Å²) in [6.07, 6.45) is 6.29. The quantitative estimate of drug-likeness (QED) is 0.246. The van der Waals surface area contributed by atoms with Crippen LogP contribution in [0.5, 0.6) is 17.4 Å². The van der Waals surface area contributed by atoms with E-state index in [4.69, 9.17) is 15.2 Å². The molecule has 12 heteroatoms. The molecule has 2 aromatic carbocycles. The lowest BCUT2D eigenvalue weighted by atomic mass is 9.93. The molecule has 4 N–H and O–H groups in total. The van der Waals surface area contributed by atoms with Crippen LogP contribution < -0.4 is 25.8 Å². The minimum absolute atomic E-state index is 0. The van der Waals surface area contributed by atoms with Gasteiger partial charge in [-0.05, 0) is 55.2 Å². The Morgan fingerprint density at radius 3 is 2.48 bits per heavy atom. The van der Waals surface area contributed by atoms with Crippen molar-refractivity contribution in [3.63, 3.8) is 0 Å². The van der Waals surface area contributed by atoms with Crippen molar-refractivity contribution in [1.29, 1.82) is 0 Å². The molecule has 1 saturated heterocycles. The Labute approximate surface area is 250 Å². The summed E-state index contributed by atoms with van der Waals surface area (Å²) in [4.78, 5) is 30.9. The lowest BCUT2D eigenvalue weighted by Crippen LogP contribution is -2.50. The van der Waals surface area contributed by atoms with Crippen LogP contribution in [-0.4, -0.2) is 47.6 Å². The zero-order valence-corrected chi connectivity index (χ0v) is 24.4. The van der Waals surface area contributed by atoms with Gasteiger partial charge in [0.05, 0.1) is 18.4 Å². The van der Waals surface area contributed by atoms with Crippen molar-refractivity contribution < 1.29 is 27.8 Å². The van der Waals surface area contributed by atoms with Gasteiger partial charge < -0.3 is 25.8 Å². The number of nitrogens with two attached hydrogens (primary N) is 1. The number of piperidine rings is 1. The third-order valence-electron chi connectivity index (χ3n) is 7.10. The van der Waals surface area contributed by atoms with Gasteiger partial charge in [0, 0.05) is 43.5 Å². The minimum atomic E-state index is -1.08. The minimum Gasteiger partial charge on any atom is -0.497 e. The van der Waals surface area contributed by atoms with Crippen LogP contribution in [0.15, 0.2) is 54.7 Å². The van der Waals surface area contributed by atoms with Crippen molar-refractivity contribution >= 4 is 30.0 Å². The van der Waals surface area contributed by atoms with E-state index in [1.165, 1.54) is 0 Å². The molecule has 1 fully saturated rings. The second kappa shape index (κ2) is 15.3. The van der Waals surface area contributed by atoms with Gasteiger partial charge in [0.2, 0.25) is 5.88 Å². The van der Waals surface area contributed by atoms with E-state index in [-0.39, 0.29) is 30.2 Å². The second-order valence-electron chi connectivity index (χ2n) is 10.0. The molecule has 0 radical (unpaired) electrons. The van der Waals surface area contributed by atoms with Crippen LogP contribution >= 0.6 is 12.4 Å². The molecular formula is C30H36ClF2N5O4. The van der Waals surface area contributed by atoms with Gasteiger partial charge in [0.15, 0.2) is 0 Å². The molecule has 226 valence electrons. The predicted octanol–water partition coefficient (Wildman–Crippen LogP) is 6.03. The molecule has 0 aliphatic carbocycles. The fraction of sp³-hybridized carbons (Fsp3) is 0.367. The van der Waals surface area contributed by atoms with Crippen molar-refractivity contribution in [1.82, 2.24) is 15.2 Å². The molecule has 3 aromatic rings. The Kier molecular flexibility index (Phi) is 11.9. The van der Waals surface area contributed by atoms with Gasteiger partial charge in [-0.2, -0.15) is 0 Å². The maximum absolute atomic E-state index is 14.2. The average molecular weight is 604 g/mol. The molecule has 3 amide bonds. The zero-order chi connectivity index (χ0) is 29.4. The number of carbonyl (C=O) groups excluding carboxylic acids is 2.